The summed E-state index contributed by atoms with van der Waals surface area (Å²) < 4.78 is 35.7. The lowest BCUT2D eigenvalue weighted by atomic mass is 9.62. The molecule has 6 atom stereocenters. The van der Waals surface area contributed by atoms with E-state index in [4.69, 9.17) is 16.3 Å². The van der Waals surface area contributed by atoms with E-state index in [1.807, 2.05) is 44.2 Å². The van der Waals surface area contributed by atoms with Crippen molar-refractivity contribution in [3.05, 3.63) is 95.1 Å². The summed E-state index contributed by atoms with van der Waals surface area (Å²) in [6.45, 7) is 11.6. The lowest BCUT2D eigenvalue weighted by Crippen LogP contribution is -2.52. The monoisotopic (exact) mass is 706 g/mol. The number of aliphatic hydroxyl groups is 1. The molecule has 11 heteroatoms. The minimum Gasteiger partial charge on any atom is -0.490 e. The van der Waals surface area contributed by atoms with Crippen LogP contribution in [0.25, 0.3) is 0 Å². The summed E-state index contributed by atoms with van der Waals surface area (Å²) in [5.74, 6) is -0.297. The Morgan fingerprint density at radius 3 is 2.80 bits per heavy atom. The zero-order chi connectivity index (χ0) is 35.0. The Morgan fingerprint density at radius 1 is 1.27 bits per heavy atom. The second-order valence-electron chi connectivity index (χ2n) is 14.4. The van der Waals surface area contributed by atoms with E-state index in [0.717, 1.165) is 54.6 Å². The number of carbonyl (C=O) groups is 1. The minimum atomic E-state index is -4.00. The summed E-state index contributed by atoms with van der Waals surface area (Å²) in [6.07, 6.45) is 16.0. The summed E-state index contributed by atoms with van der Waals surface area (Å²) in [5, 5.41) is 12.3. The number of nitrogens with zero attached hydrogens (tertiary/aromatic N) is 3. The van der Waals surface area contributed by atoms with Crippen LogP contribution in [0, 0.1) is 23.2 Å². The maximum absolute atomic E-state index is 13.5. The lowest BCUT2D eigenvalue weighted by molar-refractivity contribution is -0.0454. The number of allylic oxidation sites excluding steroid dienone is 5. The van der Waals surface area contributed by atoms with Crippen LogP contribution < -0.4 is 14.4 Å². The number of sulfonamides is 1. The Balaban J connectivity index is 1.44. The number of halogens is 1. The maximum atomic E-state index is 13.5. The van der Waals surface area contributed by atoms with Gasteiger partial charge in [-0.2, -0.15) is 0 Å². The van der Waals surface area contributed by atoms with E-state index in [-0.39, 0.29) is 23.3 Å². The minimum absolute atomic E-state index is 0.0725. The quantitative estimate of drug-likeness (QED) is 0.347. The van der Waals surface area contributed by atoms with Gasteiger partial charge in [-0.15, -0.1) is 0 Å². The highest BCUT2D eigenvalue weighted by Crippen LogP contribution is 2.50. The van der Waals surface area contributed by atoms with Gasteiger partial charge in [0.15, 0.2) is 0 Å². The summed E-state index contributed by atoms with van der Waals surface area (Å²) >= 11 is 6.47. The smallest absolute Gasteiger partial charge is 0.264 e. The molecule has 2 N–H and O–H groups in total. The molecule has 3 heterocycles. The molecule has 2 aromatic rings. The molecule has 49 heavy (non-hydrogen) atoms. The SMILES string of the molecule is C=C1/C(=C\C(Cl)=C/C)CCC[C@]12COc1ccc3cc1N(C[C@@H]1CC[C@H]1[C@@](O)(Cc1ccncn1)/C=C/C[C@H](C)[C@@H](C)S(=O)(=O)NC3=O)C2. The zero-order valence-electron chi connectivity index (χ0n) is 28.6. The molecule has 2 aliphatic heterocycles. The summed E-state index contributed by atoms with van der Waals surface area (Å²) in [6, 6.07) is 6.97. The molecule has 0 radical (unpaired) electrons. The third-order valence-corrected chi connectivity index (χ3v) is 13.6. The summed E-state index contributed by atoms with van der Waals surface area (Å²) in [7, 11) is -4.00. The average Bonchev–Trinajstić information content (AvgIpc) is 3.21. The van der Waals surface area contributed by atoms with E-state index in [9.17, 15) is 18.3 Å². The van der Waals surface area contributed by atoms with Gasteiger partial charge in [-0.25, -0.2) is 23.1 Å². The first kappa shape index (κ1) is 35.4. The first-order valence-corrected chi connectivity index (χ1v) is 19.2. The molecule has 1 aromatic heterocycles. The number of anilines is 1. The fraction of sp³-hybridized carbons (Fsp3) is 0.500. The van der Waals surface area contributed by atoms with Gasteiger partial charge in [-0.1, -0.05) is 43.3 Å². The molecule has 2 aliphatic carbocycles. The second kappa shape index (κ2) is 14.0. The maximum Gasteiger partial charge on any atom is 0.264 e. The first-order chi connectivity index (χ1) is 23.3. The number of amides is 1. The molecule has 4 aliphatic rings. The van der Waals surface area contributed by atoms with Gasteiger partial charge >= 0.3 is 0 Å². The topological polar surface area (TPSA) is 122 Å². The Morgan fingerprint density at radius 2 is 2.08 bits per heavy atom. The van der Waals surface area contributed by atoms with Gasteiger partial charge in [-0.05, 0) is 112 Å². The van der Waals surface area contributed by atoms with Crippen LogP contribution in [0.3, 0.4) is 0 Å². The molecule has 1 spiro atoms. The molecule has 9 nitrogen and oxygen atoms in total. The van der Waals surface area contributed by atoms with Crippen LogP contribution in [0.2, 0.25) is 0 Å². The van der Waals surface area contributed by atoms with E-state index in [1.165, 1.54) is 6.33 Å². The van der Waals surface area contributed by atoms with Gasteiger partial charge in [0.25, 0.3) is 5.91 Å². The van der Waals surface area contributed by atoms with Gasteiger partial charge < -0.3 is 14.7 Å². The number of rotatable bonds is 3. The van der Waals surface area contributed by atoms with Crippen molar-refractivity contribution in [2.45, 2.75) is 76.6 Å². The Labute approximate surface area is 295 Å². The molecule has 6 rings (SSSR count). The molecular weight excluding hydrogens is 660 g/mol. The number of hydrogen-bond donors (Lipinski definition) is 2. The van der Waals surface area contributed by atoms with Gasteiger partial charge in [-0.3, -0.25) is 4.79 Å². The second-order valence-corrected chi connectivity index (χ2v) is 16.9. The number of hydrogen-bond acceptors (Lipinski definition) is 8. The van der Waals surface area contributed by atoms with Gasteiger partial charge in [0.05, 0.1) is 23.1 Å². The Hall–Kier alpha value is -3.47. The molecule has 2 fully saturated rings. The molecule has 0 saturated heterocycles. The van der Waals surface area contributed by atoms with Crippen LogP contribution in [0.5, 0.6) is 5.75 Å². The van der Waals surface area contributed by atoms with E-state index < -0.39 is 32.2 Å². The molecule has 2 bridgehead atoms. The largest absolute Gasteiger partial charge is 0.490 e. The van der Waals surface area contributed by atoms with E-state index in [0.29, 0.717) is 43.3 Å². The molecular formula is C38H47ClN4O5S. The first-order valence-electron chi connectivity index (χ1n) is 17.3. The van der Waals surface area contributed by atoms with Crippen LogP contribution in [-0.4, -0.2) is 59.9 Å². The average molecular weight is 707 g/mol. The van der Waals surface area contributed by atoms with Crippen molar-refractivity contribution in [3.63, 3.8) is 0 Å². The van der Waals surface area contributed by atoms with Crippen molar-refractivity contribution in [1.29, 1.82) is 0 Å². The highest BCUT2D eigenvalue weighted by Gasteiger charge is 2.48. The van der Waals surface area contributed by atoms with Crippen molar-refractivity contribution >= 4 is 33.2 Å². The molecule has 262 valence electrons. The van der Waals surface area contributed by atoms with Crippen molar-refractivity contribution in [2.24, 2.45) is 23.2 Å². The number of benzene rings is 1. The number of fused-ring (bicyclic) bond motifs is 2. The van der Waals surface area contributed by atoms with Crippen LogP contribution >= 0.6 is 11.6 Å². The fourth-order valence-corrected chi connectivity index (χ4v) is 9.34. The van der Waals surface area contributed by atoms with E-state index in [2.05, 4.69) is 26.2 Å². The van der Waals surface area contributed by atoms with Crippen molar-refractivity contribution in [2.75, 3.05) is 24.6 Å². The van der Waals surface area contributed by atoms with Gasteiger partial charge in [0.1, 0.15) is 12.1 Å². The fourth-order valence-electron chi connectivity index (χ4n) is 7.93. The normalized spacial score (nSPS) is 33.5. The number of aromatic nitrogens is 2. The Kier molecular flexibility index (Phi) is 10.1. The molecule has 1 amide bonds. The molecule has 2 saturated carbocycles. The Bertz CT molecular complexity index is 1790. The van der Waals surface area contributed by atoms with Crippen molar-refractivity contribution < 1.29 is 23.1 Å². The lowest BCUT2D eigenvalue weighted by Gasteiger charge is -2.49. The van der Waals surface area contributed by atoms with Crippen LogP contribution in [0.1, 0.15) is 75.3 Å². The predicted octanol–water partition coefficient (Wildman–Crippen LogP) is 6.52. The van der Waals surface area contributed by atoms with E-state index in [1.54, 1.807) is 31.3 Å². The van der Waals surface area contributed by atoms with Gasteiger partial charge in [0, 0.05) is 47.4 Å². The van der Waals surface area contributed by atoms with Crippen molar-refractivity contribution in [1.82, 2.24) is 14.7 Å². The summed E-state index contributed by atoms with van der Waals surface area (Å²) in [4.78, 5) is 24.3. The number of ether oxygens (including phenoxy) is 1. The molecule has 1 aromatic carbocycles. The third kappa shape index (κ3) is 7.23. The van der Waals surface area contributed by atoms with Crippen molar-refractivity contribution in [3.8, 4) is 5.75 Å². The highest BCUT2D eigenvalue weighted by molar-refractivity contribution is 7.90. The van der Waals surface area contributed by atoms with E-state index >= 15 is 0 Å². The van der Waals surface area contributed by atoms with Crippen LogP contribution in [-0.2, 0) is 16.4 Å². The molecule has 0 unspecified atom stereocenters. The third-order valence-electron chi connectivity index (χ3n) is 11.3. The van der Waals surface area contributed by atoms with Crippen LogP contribution in [0.4, 0.5) is 5.69 Å². The zero-order valence-corrected chi connectivity index (χ0v) is 30.1. The highest BCUT2D eigenvalue weighted by atomic mass is 35.5. The number of carbonyl (C=O) groups excluding carboxylic acids is 1. The standard InChI is InChI=1S/C38H47ClN4O5S/c1-5-31(39)18-28-9-7-15-37(26(28)3)22-43-21-30-10-12-33(30)38(45,20-32-14-17-40-24-41-32)16-6-8-25(2)27(4)49(46,47)42-36(44)29-11-13-35(48-23-37)34(43)19-29/h5-6,11,13-14,16-19,24-25,27,30,33,45H,3,7-10,12,15,20-23H2,1-2,4H3,(H,42,44)/b16-6+,28-18-,31-5+/t25-,27+,30-,33+,37-,38-/m0/s1. The summed E-state index contributed by atoms with van der Waals surface area (Å²) in [5.41, 5.74) is 2.20. The number of nitrogens with one attached hydrogen (secondary N) is 1. The predicted molar refractivity (Wildman–Crippen MR) is 193 cm³/mol. The van der Waals surface area contributed by atoms with Gasteiger partial charge in [0.2, 0.25) is 10.0 Å². The van der Waals surface area contributed by atoms with Crippen LogP contribution in [0.15, 0.2) is 83.9 Å².